The number of carbonyl (C=O) groups excluding carboxylic acids is 2. The average molecular weight is 591 g/mol. The van der Waals surface area contributed by atoms with Gasteiger partial charge in [0.15, 0.2) is 23.6 Å². The first-order valence-electron chi connectivity index (χ1n) is 13.8. The molecule has 44 heavy (non-hydrogen) atoms. The highest BCUT2D eigenvalue weighted by atomic mass is 19.1. The lowest BCUT2D eigenvalue weighted by molar-refractivity contribution is 0.1000. The number of phenolic OH excluding ortho intramolecular Hbond substituents is 1. The highest BCUT2D eigenvalue weighted by Crippen LogP contribution is 2.34. The van der Waals surface area contributed by atoms with Gasteiger partial charge in [0.1, 0.15) is 17.1 Å². The molecule has 1 amide bonds. The van der Waals surface area contributed by atoms with Crippen LogP contribution in [0.1, 0.15) is 43.8 Å². The number of amides is 1. The summed E-state index contributed by atoms with van der Waals surface area (Å²) in [7, 11) is 0. The summed E-state index contributed by atoms with van der Waals surface area (Å²) >= 11 is 0. The number of hydrogen-bond acceptors (Lipinski definition) is 8. The van der Waals surface area contributed by atoms with Gasteiger partial charge in [0.25, 0.3) is 0 Å². The number of aryl methyl sites for hydroxylation is 3. The third kappa shape index (κ3) is 5.24. The molecule has 7 rings (SSSR count). The number of rotatable bonds is 5. The summed E-state index contributed by atoms with van der Waals surface area (Å²) in [5.41, 5.74) is 18.2. The van der Waals surface area contributed by atoms with Crippen LogP contribution in [0.4, 0.5) is 10.2 Å². The maximum atomic E-state index is 13.6. The van der Waals surface area contributed by atoms with Gasteiger partial charge in [0, 0.05) is 29.7 Å². The minimum absolute atomic E-state index is 0.0614. The highest BCUT2D eigenvalue weighted by molar-refractivity contribution is 5.95. The van der Waals surface area contributed by atoms with Gasteiger partial charge >= 0.3 is 0 Å². The molecular formula is C32H27FN8O3. The van der Waals surface area contributed by atoms with Gasteiger partial charge in [0.05, 0.1) is 11.1 Å². The Kier molecular flexibility index (Phi) is 7.31. The SMILES string of the molecule is Cc1cc(-n2ccc(F)n2)nc2c1nc(-c1cccnc1N)n2-c1ccc2c(c1)CCC2.NC(=O)c1ccc(O)c(C=O)c1. The van der Waals surface area contributed by atoms with Crippen LogP contribution in [0.3, 0.4) is 0 Å². The molecule has 0 atom stereocenters. The third-order valence-corrected chi connectivity index (χ3v) is 7.44. The molecule has 0 bridgehead atoms. The van der Waals surface area contributed by atoms with Crippen LogP contribution in [-0.4, -0.2) is 46.6 Å². The second kappa shape index (κ2) is 11.4. The standard InChI is InChI=1S/C24H20FN7.C8H7NO3/c1-14-12-20(31-11-9-19(25)30-31)28-24-21(14)29-23(18-6-3-10-27-22(18)26)32(24)17-8-7-15-4-2-5-16(15)13-17;9-8(12)5-1-2-7(11)6(3-5)4-10/h3,6-13H,2,4-5H2,1H3,(H2,26,27);1-4,11H,(H2,9,12). The molecule has 0 aliphatic heterocycles. The number of pyridine rings is 2. The van der Waals surface area contributed by atoms with Crippen LogP contribution in [0, 0.1) is 12.9 Å². The second-order valence-corrected chi connectivity index (χ2v) is 10.3. The fourth-order valence-corrected chi connectivity index (χ4v) is 5.26. The minimum Gasteiger partial charge on any atom is -0.507 e. The van der Waals surface area contributed by atoms with Crippen molar-refractivity contribution in [3.8, 4) is 28.6 Å². The number of nitrogens with two attached hydrogens (primary N) is 2. The number of imidazole rings is 1. The van der Waals surface area contributed by atoms with Crippen LogP contribution in [0.25, 0.3) is 34.1 Å². The zero-order valence-electron chi connectivity index (χ0n) is 23.6. The van der Waals surface area contributed by atoms with Gasteiger partial charge in [-0.2, -0.15) is 4.39 Å². The number of halogens is 1. The maximum absolute atomic E-state index is 13.6. The van der Waals surface area contributed by atoms with Gasteiger partial charge in [0.2, 0.25) is 11.9 Å². The Bertz CT molecular complexity index is 2070. The lowest BCUT2D eigenvalue weighted by Gasteiger charge is -2.12. The molecule has 12 heteroatoms. The van der Waals surface area contributed by atoms with Gasteiger partial charge in [-0.3, -0.25) is 14.2 Å². The molecule has 4 heterocycles. The molecule has 0 radical (unpaired) electrons. The van der Waals surface area contributed by atoms with Gasteiger partial charge in [-0.05, 0) is 91.4 Å². The lowest BCUT2D eigenvalue weighted by atomic mass is 10.1. The fourth-order valence-electron chi connectivity index (χ4n) is 5.26. The lowest BCUT2D eigenvalue weighted by Crippen LogP contribution is -2.10. The molecule has 11 nitrogen and oxygen atoms in total. The van der Waals surface area contributed by atoms with Crippen molar-refractivity contribution in [2.24, 2.45) is 5.73 Å². The topological polar surface area (TPSA) is 168 Å². The number of nitrogen functional groups attached to an aromatic ring is 1. The molecule has 0 spiro atoms. The predicted octanol–water partition coefficient (Wildman–Crippen LogP) is 4.49. The molecule has 6 aromatic rings. The summed E-state index contributed by atoms with van der Waals surface area (Å²) in [6.07, 6.45) is 7.01. The Morgan fingerprint density at radius 1 is 1.05 bits per heavy atom. The van der Waals surface area contributed by atoms with Crippen molar-refractivity contribution in [3.05, 3.63) is 107 Å². The zero-order valence-corrected chi connectivity index (χ0v) is 23.6. The smallest absolute Gasteiger partial charge is 0.248 e. The van der Waals surface area contributed by atoms with E-state index >= 15 is 0 Å². The molecule has 0 saturated carbocycles. The third-order valence-electron chi connectivity index (χ3n) is 7.44. The van der Waals surface area contributed by atoms with E-state index in [2.05, 4.69) is 28.3 Å². The number of carbonyl (C=O) groups is 2. The monoisotopic (exact) mass is 590 g/mol. The molecule has 0 unspecified atom stereocenters. The molecule has 0 fully saturated rings. The number of phenols is 1. The van der Waals surface area contributed by atoms with Crippen LogP contribution in [0.15, 0.2) is 73.1 Å². The van der Waals surface area contributed by atoms with Crippen LogP contribution < -0.4 is 11.5 Å². The predicted molar refractivity (Wildman–Crippen MR) is 162 cm³/mol. The fraction of sp³-hybridized carbons (Fsp3) is 0.125. The van der Waals surface area contributed by atoms with Crippen molar-refractivity contribution in [3.63, 3.8) is 0 Å². The van der Waals surface area contributed by atoms with E-state index in [0.717, 1.165) is 41.6 Å². The quantitative estimate of drug-likeness (QED) is 0.247. The summed E-state index contributed by atoms with van der Waals surface area (Å²) in [5, 5.41) is 12.9. The van der Waals surface area contributed by atoms with E-state index < -0.39 is 11.9 Å². The van der Waals surface area contributed by atoms with Gasteiger partial charge in [-0.15, -0.1) is 5.10 Å². The average Bonchev–Trinajstić information content (AvgIpc) is 3.76. The van der Waals surface area contributed by atoms with E-state index in [4.69, 9.17) is 26.5 Å². The van der Waals surface area contributed by atoms with Gasteiger partial charge in [-0.1, -0.05) is 6.07 Å². The van der Waals surface area contributed by atoms with Gasteiger partial charge in [-0.25, -0.2) is 19.6 Å². The van der Waals surface area contributed by atoms with E-state index in [0.29, 0.717) is 29.4 Å². The van der Waals surface area contributed by atoms with Crippen molar-refractivity contribution in [1.82, 2.24) is 29.3 Å². The number of nitrogens with zero attached hydrogens (tertiary/aromatic N) is 6. The van der Waals surface area contributed by atoms with Crippen LogP contribution in [-0.2, 0) is 12.8 Å². The Hall–Kier alpha value is -5.91. The van der Waals surface area contributed by atoms with Crippen molar-refractivity contribution in [1.29, 1.82) is 0 Å². The molecule has 5 N–H and O–H groups in total. The zero-order chi connectivity index (χ0) is 31.0. The number of fused-ring (bicyclic) bond motifs is 2. The molecule has 2 aromatic carbocycles. The summed E-state index contributed by atoms with van der Waals surface area (Å²) in [4.78, 5) is 34.9. The summed E-state index contributed by atoms with van der Waals surface area (Å²) in [6, 6.07) is 17.2. The van der Waals surface area contributed by atoms with Crippen LogP contribution in [0.2, 0.25) is 0 Å². The van der Waals surface area contributed by atoms with Gasteiger partial charge < -0.3 is 16.6 Å². The summed E-state index contributed by atoms with van der Waals surface area (Å²) in [6.45, 7) is 1.96. The normalized spacial score (nSPS) is 12.0. The van der Waals surface area contributed by atoms with E-state index in [1.807, 2.05) is 29.7 Å². The number of aromatic hydroxyl groups is 1. The van der Waals surface area contributed by atoms with Crippen LogP contribution in [0.5, 0.6) is 5.75 Å². The maximum Gasteiger partial charge on any atom is 0.248 e. The molecular weight excluding hydrogens is 563 g/mol. The minimum atomic E-state index is -0.627. The molecule has 220 valence electrons. The number of primary amides is 1. The number of aromatic nitrogens is 6. The number of aldehydes is 1. The molecule has 1 aliphatic carbocycles. The Balaban J connectivity index is 0.000000242. The number of hydrogen-bond donors (Lipinski definition) is 3. The van der Waals surface area contributed by atoms with Crippen molar-refractivity contribution in [2.75, 3.05) is 5.73 Å². The molecule has 4 aromatic heterocycles. The molecule has 1 aliphatic rings. The van der Waals surface area contributed by atoms with E-state index in [-0.39, 0.29) is 16.9 Å². The van der Waals surface area contributed by atoms with Crippen molar-refractivity contribution in [2.45, 2.75) is 26.2 Å². The van der Waals surface area contributed by atoms with E-state index in [1.165, 1.54) is 40.1 Å². The number of anilines is 1. The largest absolute Gasteiger partial charge is 0.507 e. The first kappa shape index (κ1) is 28.2. The molecule has 0 saturated heterocycles. The highest BCUT2D eigenvalue weighted by Gasteiger charge is 2.22. The first-order chi connectivity index (χ1) is 21.2. The van der Waals surface area contributed by atoms with Crippen molar-refractivity contribution < 1.29 is 19.1 Å². The number of benzene rings is 2. The summed E-state index contributed by atoms with van der Waals surface area (Å²) < 4.78 is 17.0. The Labute approximate surface area is 250 Å². The summed E-state index contributed by atoms with van der Waals surface area (Å²) in [5.74, 6) is 0.251. The Morgan fingerprint density at radius 2 is 1.86 bits per heavy atom. The second-order valence-electron chi connectivity index (χ2n) is 10.3. The first-order valence-corrected chi connectivity index (χ1v) is 13.8. The van der Waals surface area contributed by atoms with Crippen LogP contribution >= 0.6 is 0 Å². The van der Waals surface area contributed by atoms with Crippen molar-refractivity contribution >= 4 is 29.2 Å². The Morgan fingerprint density at radius 3 is 2.59 bits per heavy atom. The van der Waals surface area contributed by atoms with E-state index in [9.17, 15) is 14.0 Å². The van der Waals surface area contributed by atoms with E-state index in [1.54, 1.807) is 12.4 Å².